The normalized spacial score (nSPS) is 17.3. The predicted octanol–water partition coefficient (Wildman–Crippen LogP) is 0.405. The summed E-state index contributed by atoms with van der Waals surface area (Å²) in [6, 6.07) is 7.53. The summed E-state index contributed by atoms with van der Waals surface area (Å²) in [6.45, 7) is 0.887. The van der Waals surface area contributed by atoms with Crippen LogP contribution in [0, 0.1) is 5.92 Å². The van der Waals surface area contributed by atoms with Gasteiger partial charge in [0.25, 0.3) is 0 Å². The molecule has 0 radical (unpaired) electrons. The van der Waals surface area contributed by atoms with Crippen LogP contribution in [0.25, 0.3) is 0 Å². The number of methoxy groups -OCH3 is 1. The molecule has 2 aromatic rings. The summed E-state index contributed by atoms with van der Waals surface area (Å²) in [4.78, 5) is 26.0. The molecule has 23 heavy (non-hydrogen) atoms. The van der Waals surface area contributed by atoms with Crippen molar-refractivity contribution in [3.63, 3.8) is 0 Å². The van der Waals surface area contributed by atoms with Gasteiger partial charge < -0.3 is 9.64 Å². The molecule has 2 amide bonds. The number of carbonyl (C=O) groups excluding carboxylic acids is 2. The molecular weight excluding hydrogens is 298 g/mol. The summed E-state index contributed by atoms with van der Waals surface area (Å²) in [6.07, 6.45) is 3.00. The second kappa shape index (κ2) is 6.47. The van der Waals surface area contributed by atoms with Gasteiger partial charge in [0.1, 0.15) is 18.4 Å². The zero-order chi connectivity index (χ0) is 16.2. The number of rotatable bonds is 5. The molecule has 8 heteroatoms. The van der Waals surface area contributed by atoms with Gasteiger partial charge in [-0.1, -0.05) is 12.1 Å². The van der Waals surface area contributed by atoms with Crippen LogP contribution in [0.15, 0.2) is 36.9 Å². The third-order valence-electron chi connectivity index (χ3n) is 3.78. The lowest BCUT2D eigenvalue weighted by molar-refractivity contribution is -0.128. The second-order valence-corrected chi connectivity index (χ2v) is 5.37. The number of hydrogen-bond donors (Lipinski definition) is 1. The van der Waals surface area contributed by atoms with E-state index in [1.807, 2.05) is 24.3 Å². The third kappa shape index (κ3) is 3.47. The average Bonchev–Trinajstić information content (AvgIpc) is 3.18. The van der Waals surface area contributed by atoms with Gasteiger partial charge in [0.15, 0.2) is 0 Å². The molecule has 0 spiro atoms. The maximum absolute atomic E-state index is 12.2. The summed E-state index contributed by atoms with van der Waals surface area (Å²) in [7, 11) is 1.61. The van der Waals surface area contributed by atoms with Crippen LogP contribution < -0.4 is 10.2 Å². The third-order valence-corrected chi connectivity index (χ3v) is 3.78. The number of benzene rings is 1. The molecule has 1 unspecified atom stereocenters. The molecule has 1 aromatic heterocycles. The van der Waals surface area contributed by atoms with E-state index in [0.29, 0.717) is 13.1 Å². The Morgan fingerprint density at radius 3 is 2.65 bits per heavy atom. The van der Waals surface area contributed by atoms with E-state index < -0.39 is 0 Å². The molecule has 8 nitrogen and oxygen atoms in total. The van der Waals surface area contributed by atoms with Gasteiger partial charge in [0.05, 0.1) is 13.0 Å². The largest absolute Gasteiger partial charge is 0.497 e. The number of nitrogens with one attached hydrogen (secondary N) is 1. The fourth-order valence-electron chi connectivity index (χ4n) is 2.53. The van der Waals surface area contributed by atoms with Crippen molar-refractivity contribution in [2.24, 2.45) is 5.92 Å². The first kappa shape index (κ1) is 15.0. The van der Waals surface area contributed by atoms with Crippen LogP contribution in [0.3, 0.4) is 0 Å². The standard InChI is InChI=1S/C15H17N5O3/c1-23-13-4-2-11(3-5-13)7-19-8-12(6-14(19)21)15(22)18-20-9-16-17-10-20/h2-5,9-10,12H,6-8H2,1H3,(H,18,22). The van der Waals surface area contributed by atoms with Crippen molar-refractivity contribution >= 4 is 11.8 Å². The zero-order valence-electron chi connectivity index (χ0n) is 12.7. The number of nitrogens with zero attached hydrogens (tertiary/aromatic N) is 4. The lowest BCUT2D eigenvalue weighted by Crippen LogP contribution is -2.31. The van der Waals surface area contributed by atoms with E-state index in [2.05, 4.69) is 15.6 Å². The van der Waals surface area contributed by atoms with Crippen molar-refractivity contribution in [2.75, 3.05) is 19.1 Å². The minimum atomic E-state index is -0.372. The van der Waals surface area contributed by atoms with Crippen LogP contribution in [0.4, 0.5) is 0 Å². The summed E-state index contributed by atoms with van der Waals surface area (Å²) in [5, 5.41) is 7.22. The monoisotopic (exact) mass is 315 g/mol. The van der Waals surface area contributed by atoms with Crippen molar-refractivity contribution in [3.05, 3.63) is 42.5 Å². The molecule has 1 fully saturated rings. The predicted molar refractivity (Wildman–Crippen MR) is 80.9 cm³/mol. The molecule has 2 heterocycles. The summed E-state index contributed by atoms with van der Waals surface area (Å²) < 4.78 is 6.49. The van der Waals surface area contributed by atoms with Gasteiger partial charge in [0, 0.05) is 19.5 Å². The highest BCUT2D eigenvalue weighted by Crippen LogP contribution is 2.21. The molecule has 1 atom stereocenters. The first-order valence-electron chi connectivity index (χ1n) is 7.22. The van der Waals surface area contributed by atoms with Gasteiger partial charge >= 0.3 is 0 Å². The van der Waals surface area contributed by atoms with Crippen LogP contribution in [-0.4, -0.2) is 45.2 Å². The molecule has 0 aliphatic carbocycles. The van der Waals surface area contributed by atoms with Crippen LogP contribution in [-0.2, 0) is 16.1 Å². The van der Waals surface area contributed by atoms with Gasteiger partial charge in [-0.2, -0.15) is 0 Å². The maximum Gasteiger partial charge on any atom is 0.244 e. The zero-order valence-corrected chi connectivity index (χ0v) is 12.7. The number of hydrogen-bond acceptors (Lipinski definition) is 5. The maximum atomic E-state index is 12.2. The summed E-state index contributed by atoms with van der Waals surface area (Å²) in [5.74, 6) is 0.163. The number of carbonyl (C=O) groups is 2. The first-order valence-corrected chi connectivity index (χ1v) is 7.22. The van der Waals surface area contributed by atoms with Gasteiger partial charge in [-0.05, 0) is 17.7 Å². The Labute approximate surface area is 133 Å². The molecular formula is C15H17N5O3. The van der Waals surface area contributed by atoms with E-state index in [9.17, 15) is 9.59 Å². The van der Waals surface area contributed by atoms with E-state index in [-0.39, 0.29) is 24.2 Å². The Morgan fingerprint density at radius 1 is 1.30 bits per heavy atom. The lowest BCUT2D eigenvalue weighted by Gasteiger charge is -2.17. The molecule has 1 N–H and O–H groups in total. The fourth-order valence-corrected chi connectivity index (χ4v) is 2.53. The molecule has 3 rings (SSSR count). The van der Waals surface area contributed by atoms with Gasteiger partial charge in [0.2, 0.25) is 11.8 Å². The van der Waals surface area contributed by atoms with Crippen molar-refractivity contribution in [2.45, 2.75) is 13.0 Å². The average molecular weight is 315 g/mol. The summed E-state index contributed by atoms with van der Waals surface area (Å²) in [5.41, 5.74) is 3.64. The lowest BCUT2D eigenvalue weighted by atomic mass is 10.1. The highest BCUT2D eigenvalue weighted by molar-refractivity contribution is 5.93. The van der Waals surface area contributed by atoms with Crippen LogP contribution >= 0.6 is 0 Å². The van der Waals surface area contributed by atoms with Crippen LogP contribution in [0.5, 0.6) is 5.75 Å². The minimum absolute atomic E-state index is 0.0234. The van der Waals surface area contributed by atoms with Gasteiger partial charge in [-0.25, -0.2) is 4.68 Å². The molecule has 1 aromatic carbocycles. The number of likely N-dealkylation sites (tertiary alicyclic amines) is 1. The second-order valence-electron chi connectivity index (χ2n) is 5.37. The Balaban J connectivity index is 1.59. The fraction of sp³-hybridized carbons (Fsp3) is 0.333. The molecule has 1 aliphatic rings. The number of ether oxygens (including phenoxy) is 1. The number of amides is 2. The Morgan fingerprint density at radius 2 is 2.00 bits per heavy atom. The van der Waals surface area contributed by atoms with E-state index in [1.54, 1.807) is 12.0 Å². The number of aromatic nitrogens is 3. The van der Waals surface area contributed by atoms with E-state index in [0.717, 1.165) is 11.3 Å². The highest BCUT2D eigenvalue weighted by atomic mass is 16.5. The molecule has 0 saturated carbocycles. The molecule has 120 valence electrons. The Hall–Kier alpha value is -2.90. The first-order chi connectivity index (χ1) is 11.2. The highest BCUT2D eigenvalue weighted by Gasteiger charge is 2.34. The Kier molecular flexibility index (Phi) is 4.22. The van der Waals surface area contributed by atoms with Crippen LogP contribution in [0.2, 0.25) is 0 Å². The van der Waals surface area contributed by atoms with Crippen molar-refractivity contribution in [1.29, 1.82) is 0 Å². The minimum Gasteiger partial charge on any atom is -0.497 e. The smallest absolute Gasteiger partial charge is 0.244 e. The van der Waals surface area contributed by atoms with Crippen LogP contribution in [0.1, 0.15) is 12.0 Å². The van der Waals surface area contributed by atoms with E-state index in [4.69, 9.17) is 4.74 Å². The molecule has 1 saturated heterocycles. The quantitative estimate of drug-likeness (QED) is 0.863. The van der Waals surface area contributed by atoms with E-state index in [1.165, 1.54) is 17.3 Å². The molecule has 0 bridgehead atoms. The SMILES string of the molecule is COc1ccc(CN2CC(C(=O)Nn3cnnc3)CC2=O)cc1. The van der Waals surface area contributed by atoms with E-state index >= 15 is 0 Å². The van der Waals surface area contributed by atoms with Gasteiger partial charge in [-0.15, -0.1) is 10.2 Å². The Bertz CT molecular complexity index is 684. The van der Waals surface area contributed by atoms with Gasteiger partial charge in [-0.3, -0.25) is 15.0 Å². The van der Waals surface area contributed by atoms with Crippen molar-refractivity contribution in [3.8, 4) is 5.75 Å². The summed E-state index contributed by atoms with van der Waals surface area (Å²) >= 11 is 0. The van der Waals surface area contributed by atoms with Crippen molar-refractivity contribution in [1.82, 2.24) is 19.8 Å². The molecule has 1 aliphatic heterocycles. The topological polar surface area (TPSA) is 89.3 Å². The van der Waals surface area contributed by atoms with Crippen molar-refractivity contribution < 1.29 is 14.3 Å².